The fourth-order valence-electron chi connectivity index (χ4n) is 4.36. The molecule has 13 nitrogen and oxygen atoms in total. The molecule has 0 saturated carbocycles. The Kier molecular flexibility index (Phi) is 10.2. The Morgan fingerprint density at radius 2 is 1.80 bits per heavy atom. The van der Waals surface area contributed by atoms with Gasteiger partial charge in [0.05, 0.1) is 0 Å². The first-order valence-corrected chi connectivity index (χ1v) is 16.6. The number of hydrogen-bond acceptors (Lipinski definition) is 10. The highest BCUT2D eigenvalue weighted by molar-refractivity contribution is 7.91. The molecule has 16 heteroatoms. The third-order valence-corrected chi connectivity index (χ3v) is 12.1. The van der Waals surface area contributed by atoms with Crippen LogP contribution < -0.4 is 5.48 Å². The minimum atomic E-state index is -4.19. The van der Waals surface area contributed by atoms with Crippen LogP contribution in [-0.2, 0) is 50.7 Å². The molecule has 0 bridgehead atoms. The molecule has 2 aliphatic rings. The number of hydrogen-bond donors (Lipinski definition) is 1. The van der Waals surface area contributed by atoms with Crippen molar-refractivity contribution in [3.63, 3.8) is 0 Å². The number of nitrogens with zero attached hydrogens (tertiary/aromatic N) is 3. The van der Waals surface area contributed by atoms with E-state index in [1.54, 1.807) is 30.3 Å². The van der Waals surface area contributed by atoms with Crippen molar-refractivity contribution in [2.24, 2.45) is 0 Å². The van der Waals surface area contributed by atoms with Crippen molar-refractivity contribution in [3.8, 4) is 10.4 Å². The van der Waals surface area contributed by atoms with E-state index in [1.807, 2.05) is 0 Å². The fourth-order valence-corrected chi connectivity index (χ4v) is 8.47. The number of carbonyl (C=O) groups excluding carboxylic acids is 2. The molecular formula is C25H34N4O9S3. The molecular weight excluding hydrogens is 596 g/mol. The number of esters is 1. The lowest BCUT2D eigenvalue weighted by Gasteiger charge is -2.39. The number of benzene rings is 1. The standard InChI is InChI=1S/C25H34N4O9S3/c1-18(30)37-17-19-7-9-20(10-8-19)22-11-12-24(39-22)40(32,33)29-14-13-28(41(34,35)27(2)3)16-21(29)25(31)26-38-23-6-4-5-15-36-23/h7-12,21,23H,4-6,13-17H2,1-3H3,(H,26,31)/t21-,23?/m1/s1. The van der Waals surface area contributed by atoms with E-state index in [1.165, 1.54) is 27.1 Å². The summed E-state index contributed by atoms with van der Waals surface area (Å²) in [5.41, 5.74) is 3.85. The van der Waals surface area contributed by atoms with Gasteiger partial charge in [0.1, 0.15) is 16.9 Å². The normalized spacial score (nSPS) is 21.1. The average molecular weight is 631 g/mol. The van der Waals surface area contributed by atoms with E-state index < -0.39 is 38.5 Å². The first kappa shape index (κ1) is 31.5. The summed E-state index contributed by atoms with van der Waals surface area (Å²) in [5, 5.41) is 0. The van der Waals surface area contributed by atoms with Crippen LogP contribution in [0.25, 0.3) is 10.4 Å². The van der Waals surface area contributed by atoms with Gasteiger partial charge in [-0.05, 0) is 36.1 Å². The van der Waals surface area contributed by atoms with Crippen LogP contribution in [0, 0.1) is 0 Å². The molecule has 1 amide bonds. The van der Waals surface area contributed by atoms with Crippen LogP contribution in [-0.4, -0.2) is 94.3 Å². The minimum Gasteiger partial charge on any atom is -0.461 e. The molecule has 4 rings (SSSR count). The summed E-state index contributed by atoms with van der Waals surface area (Å²) < 4.78 is 66.8. The Morgan fingerprint density at radius 3 is 2.44 bits per heavy atom. The number of rotatable bonds is 10. The molecule has 1 unspecified atom stereocenters. The summed E-state index contributed by atoms with van der Waals surface area (Å²) in [5.74, 6) is -1.18. The Bertz CT molecular complexity index is 1440. The minimum absolute atomic E-state index is 0.00902. The highest BCUT2D eigenvalue weighted by Crippen LogP contribution is 2.34. The Hall–Kier alpha value is -2.44. The summed E-state index contributed by atoms with van der Waals surface area (Å²) in [7, 11) is -5.36. The first-order valence-electron chi connectivity index (χ1n) is 13.0. The van der Waals surface area contributed by atoms with E-state index in [9.17, 15) is 26.4 Å². The molecule has 2 aromatic rings. The van der Waals surface area contributed by atoms with Gasteiger partial charge >= 0.3 is 5.97 Å². The quantitative estimate of drug-likeness (QED) is 0.304. The van der Waals surface area contributed by atoms with Gasteiger partial charge in [-0.25, -0.2) is 18.7 Å². The molecule has 3 heterocycles. The maximum Gasteiger partial charge on any atom is 0.302 e. The van der Waals surface area contributed by atoms with Crippen LogP contribution in [0.2, 0.25) is 0 Å². The highest BCUT2D eigenvalue weighted by atomic mass is 32.2. The van der Waals surface area contributed by atoms with Crippen molar-refractivity contribution >= 4 is 43.4 Å². The lowest BCUT2D eigenvalue weighted by molar-refractivity contribution is -0.202. The number of thiophene rings is 1. The molecule has 0 aliphatic carbocycles. The zero-order valence-corrected chi connectivity index (χ0v) is 25.5. The summed E-state index contributed by atoms with van der Waals surface area (Å²) in [6.07, 6.45) is 1.63. The molecule has 2 fully saturated rings. The summed E-state index contributed by atoms with van der Waals surface area (Å²) >= 11 is 1.03. The van der Waals surface area contributed by atoms with E-state index in [0.717, 1.165) is 48.2 Å². The van der Waals surface area contributed by atoms with Crippen LogP contribution in [0.3, 0.4) is 0 Å². The Morgan fingerprint density at radius 1 is 1.07 bits per heavy atom. The van der Waals surface area contributed by atoms with Gasteiger partial charge in [-0.2, -0.15) is 21.3 Å². The molecule has 41 heavy (non-hydrogen) atoms. The maximum absolute atomic E-state index is 13.8. The summed E-state index contributed by atoms with van der Waals surface area (Å²) in [6, 6.07) is 8.92. The van der Waals surface area contributed by atoms with Crippen LogP contribution in [0.5, 0.6) is 0 Å². The number of ether oxygens (including phenoxy) is 2. The molecule has 0 spiro atoms. The lowest BCUT2D eigenvalue weighted by atomic mass is 10.1. The van der Waals surface area contributed by atoms with E-state index in [0.29, 0.717) is 17.9 Å². The first-order chi connectivity index (χ1) is 19.4. The highest BCUT2D eigenvalue weighted by Gasteiger charge is 2.44. The zero-order chi connectivity index (χ0) is 29.8. The molecule has 1 aromatic heterocycles. The van der Waals surface area contributed by atoms with E-state index in [-0.39, 0.29) is 36.4 Å². The lowest BCUT2D eigenvalue weighted by Crippen LogP contribution is -2.62. The second kappa shape index (κ2) is 13.2. The van der Waals surface area contributed by atoms with Gasteiger partial charge in [-0.1, -0.05) is 24.3 Å². The van der Waals surface area contributed by atoms with Crippen LogP contribution in [0.1, 0.15) is 31.7 Å². The Balaban J connectivity index is 1.55. The molecule has 0 radical (unpaired) electrons. The van der Waals surface area contributed by atoms with Gasteiger partial charge in [0.2, 0.25) is 0 Å². The van der Waals surface area contributed by atoms with Crippen molar-refractivity contribution in [1.82, 2.24) is 18.4 Å². The second-order valence-electron chi connectivity index (χ2n) is 9.76. The number of nitrogens with one attached hydrogen (secondary N) is 1. The van der Waals surface area contributed by atoms with Crippen molar-refractivity contribution in [3.05, 3.63) is 42.0 Å². The smallest absolute Gasteiger partial charge is 0.302 e. The van der Waals surface area contributed by atoms with Crippen molar-refractivity contribution < 1.29 is 40.7 Å². The van der Waals surface area contributed by atoms with Crippen LogP contribution in [0.4, 0.5) is 0 Å². The molecule has 226 valence electrons. The van der Waals surface area contributed by atoms with Crippen molar-refractivity contribution in [2.75, 3.05) is 40.3 Å². The topological polar surface area (TPSA) is 152 Å². The van der Waals surface area contributed by atoms with Gasteiger partial charge in [-0.3, -0.25) is 9.59 Å². The molecule has 2 aliphatic heterocycles. The largest absolute Gasteiger partial charge is 0.461 e. The van der Waals surface area contributed by atoms with Crippen molar-refractivity contribution in [1.29, 1.82) is 0 Å². The number of amides is 1. The summed E-state index contributed by atoms with van der Waals surface area (Å²) in [6.45, 7) is 1.20. The number of hydroxylamine groups is 1. The van der Waals surface area contributed by atoms with Crippen LogP contribution in [0.15, 0.2) is 40.6 Å². The molecule has 1 N–H and O–H groups in total. The monoisotopic (exact) mass is 630 g/mol. The van der Waals surface area contributed by atoms with E-state index >= 15 is 0 Å². The fraction of sp³-hybridized carbons (Fsp3) is 0.520. The van der Waals surface area contributed by atoms with Crippen molar-refractivity contribution in [2.45, 2.75) is 49.3 Å². The SMILES string of the molecule is CC(=O)OCc1ccc(-c2ccc(S(=O)(=O)N3CCN(S(=O)(=O)N(C)C)C[C@@H]3C(=O)NOC3CCCCO3)s2)cc1. The Labute approximate surface area is 244 Å². The third-order valence-electron chi connectivity index (χ3n) is 6.64. The predicted molar refractivity (Wildman–Crippen MR) is 150 cm³/mol. The van der Waals surface area contributed by atoms with Gasteiger partial charge in [0, 0.05) is 58.6 Å². The summed E-state index contributed by atoms with van der Waals surface area (Å²) in [4.78, 5) is 30.4. The van der Waals surface area contributed by atoms with Gasteiger partial charge in [0.25, 0.3) is 26.1 Å². The van der Waals surface area contributed by atoms with Crippen LogP contribution >= 0.6 is 11.3 Å². The number of carbonyl (C=O) groups is 2. The second-order valence-corrected chi connectivity index (χ2v) is 15.1. The molecule has 1 aromatic carbocycles. The predicted octanol–water partition coefficient (Wildman–Crippen LogP) is 1.53. The molecule has 2 saturated heterocycles. The van der Waals surface area contributed by atoms with Gasteiger partial charge in [-0.15, -0.1) is 11.3 Å². The van der Waals surface area contributed by atoms with Gasteiger partial charge < -0.3 is 9.47 Å². The number of piperazine rings is 1. The maximum atomic E-state index is 13.8. The third kappa shape index (κ3) is 7.50. The average Bonchev–Trinajstić information content (AvgIpc) is 3.46. The van der Waals surface area contributed by atoms with E-state index in [2.05, 4.69) is 5.48 Å². The number of sulfonamides is 1. The van der Waals surface area contributed by atoms with E-state index in [4.69, 9.17) is 14.3 Å². The van der Waals surface area contributed by atoms with Gasteiger partial charge in [0.15, 0.2) is 6.29 Å². The molecule has 2 atom stereocenters. The zero-order valence-electron chi connectivity index (χ0n) is 23.0.